The first kappa shape index (κ1) is 13.9. The number of anilines is 1. The quantitative estimate of drug-likeness (QED) is 0.876. The van der Waals surface area contributed by atoms with Gasteiger partial charge >= 0.3 is 0 Å². The van der Waals surface area contributed by atoms with E-state index in [1.165, 1.54) is 30.5 Å². The molecular formula is C17H21N3O. The normalized spacial score (nSPS) is 14.2. The van der Waals surface area contributed by atoms with E-state index in [0.29, 0.717) is 0 Å². The van der Waals surface area contributed by atoms with Gasteiger partial charge in [-0.15, -0.1) is 0 Å². The summed E-state index contributed by atoms with van der Waals surface area (Å²) in [5.41, 5.74) is 3.42. The molecule has 0 radical (unpaired) electrons. The first-order chi connectivity index (χ1) is 10.3. The lowest BCUT2D eigenvalue weighted by atomic mass is 10.1. The van der Waals surface area contributed by atoms with E-state index in [1.54, 1.807) is 7.11 Å². The predicted molar refractivity (Wildman–Crippen MR) is 84.8 cm³/mol. The lowest BCUT2D eigenvalue weighted by Crippen LogP contribution is -2.07. The standard InChI is InChI=1S/C17H21N3O/c1-18-16-12-8-4-3-5-10-14(12)19-17(20-16)13-9-6-7-11-15(13)21-2/h6-7,9,11H,3-5,8,10H2,1-2H3,(H,18,19,20). The lowest BCUT2D eigenvalue weighted by molar-refractivity contribution is 0.416. The maximum absolute atomic E-state index is 5.44. The molecule has 1 heterocycles. The Balaban J connectivity index is 2.13. The van der Waals surface area contributed by atoms with Crippen LogP contribution in [-0.2, 0) is 12.8 Å². The summed E-state index contributed by atoms with van der Waals surface area (Å²) in [6, 6.07) is 7.91. The van der Waals surface area contributed by atoms with Gasteiger partial charge < -0.3 is 10.1 Å². The summed E-state index contributed by atoms with van der Waals surface area (Å²) >= 11 is 0. The van der Waals surface area contributed by atoms with E-state index in [-0.39, 0.29) is 0 Å². The van der Waals surface area contributed by atoms with Gasteiger partial charge in [-0.05, 0) is 37.8 Å². The van der Waals surface area contributed by atoms with Gasteiger partial charge in [-0.2, -0.15) is 0 Å². The maximum atomic E-state index is 5.44. The summed E-state index contributed by atoms with van der Waals surface area (Å²) in [5, 5.41) is 3.24. The summed E-state index contributed by atoms with van der Waals surface area (Å²) < 4.78 is 5.44. The van der Waals surface area contributed by atoms with Crippen LogP contribution in [0.25, 0.3) is 11.4 Å². The highest BCUT2D eigenvalue weighted by molar-refractivity contribution is 5.66. The molecule has 1 aliphatic rings. The highest BCUT2D eigenvalue weighted by Crippen LogP contribution is 2.31. The zero-order valence-electron chi connectivity index (χ0n) is 12.6. The molecule has 2 aromatic rings. The Morgan fingerprint density at radius 1 is 1.05 bits per heavy atom. The average Bonchev–Trinajstić information content (AvgIpc) is 2.79. The number of benzene rings is 1. The molecule has 0 saturated heterocycles. The summed E-state index contributed by atoms with van der Waals surface area (Å²) in [6.07, 6.45) is 5.80. The van der Waals surface area contributed by atoms with Gasteiger partial charge in [0.2, 0.25) is 0 Å². The molecule has 0 saturated carbocycles. The van der Waals surface area contributed by atoms with E-state index in [1.807, 2.05) is 31.3 Å². The van der Waals surface area contributed by atoms with Crippen LogP contribution in [0.5, 0.6) is 5.75 Å². The fourth-order valence-electron chi connectivity index (χ4n) is 2.93. The smallest absolute Gasteiger partial charge is 0.165 e. The molecule has 0 amide bonds. The number of para-hydroxylation sites is 1. The molecule has 1 aromatic heterocycles. The minimum Gasteiger partial charge on any atom is -0.496 e. The number of aryl methyl sites for hydroxylation is 1. The minimum atomic E-state index is 0.748. The number of fused-ring (bicyclic) bond motifs is 1. The van der Waals surface area contributed by atoms with Crippen LogP contribution in [0.1, 0.15) is 30.5 Å². The number of methoxy groups -OCH3 is 1. The number of hydrogen-bond donors (Lipinski definition) is 1. The van der Waals surface area contributed by atoms with Crippen LogP contribution in [0, 0.1) is 0 Å². The first-order valence-electron chi connectivity index (χ1n) is 7.54. The van der Waals surface area contributed by atoms with Crippen molar-refractivity contribution in [3.63, 3.8) is 0 Å². The van der Waals surface area contributed by atoms with Crippen molar-refractivity contribution in [2.24, 2.45) is 0 Å². The Hall–Kier alpha value is -2.10. The van der Waals surface area contributed by atoms with Crippen molar-refractivity contribution >= 4 is 5.82 Å². The van der Waals surface area contributed by atoms with Crippen LogP contribution in [0.15, 0.2) is 24.3 Å². The second kappa shape index (κ2) is 6.12. The van der Waals surface area contributed by atoms with Gasteiger partial charge in [0.25, 0.3) is 0 Å². The summed E-state index contributed by atoms with van der Waals surface area (Å²) in [6.45, 7) is 0. The molecule has 4 nitrogen and oxygen atoms in total. The molecule has 0 unspecified atom stereocenters. The van der Waals surface area contributed by atoms with E-state index in [4.69, 9.17) is 14.7 Å². The number of ether oxygens (including phenoxy) is 1. The molecule has 0 bridgehead atoms. The van der Waals surface area contributed by atoms with Gasteiger partial charge in [-0.3, -0.25) is 0 Å². The SMILES string of the molecule is CNc1nc(-c2ccccc2OC)nc2c1CCCCC2. The van der Waals surface area contributed by atoms with E-state index in [9.17, 15) is 0 Å². The first-order valence-corrected chi connectivity index (χ1v) is 7.54. The minimum absolute atomic E-state index is 0.748. The van der Waals surface area contributed by atoms with Gasteiger partial charge in [-0.25, -0.2) is 9.97 Å². The number of nitrogens with zero attached hydrogens (tertiary/aromatic N) is 2. The summed E-state index contributed by atoms with van der Waals surface area (Å²) in [7, 11) is 3.61. The van der Waals surface area contributed by atoms with Gasteiger partial charge in [0.1, 0.15) is 11.6 Å². The average molecular weight is 283 g/mol. The topological polar surface area (TPSA) is 47.0 Å². The molecular weight excluding hydrogens is 262 g/mol. The third-order valence-electron chi connectivity index (χ3n) is 4.02. The second-order valence-electron chi connectivity index (χ2n) is 5.33. The largest absolute Gasteiger partial charge is 0.496 e. The predicted octanol–water partition coefficient (Wildman–Crippen LogP) is 3.46. The zero-order chi connectivity index (χ0) is 14.7. The Bertz CT molecular complexity index is 640. The van der Waals surface area contributed by atoms with Crippen LogP contribution in [0.3, 0.4) is 0 Å². The molecule has 0 aliphatic heterocycles. The second-order valence-corrected chi connectivity index (χ2v) is 5.33. The van der Waals surface area contributed by atoms with Crippen molar-refractivity contribution in [2.75, 3.05) is 19.5 Å². The molecule has 0 atom stereocenters. The zero-order valence-corrected chi connectivity index (χ0v) is 12.6. The van der Waals surface area contributed by atoms with E-state index < -0.39 is 0 Å². The van der Waals surface area contributed by atoms with E-state index >= 15 is 0 Å². The van der Waals surface area contributed by atoms with E-state index in [2.05, 4.69) is 5.32 Å². The van der Waals surface area contributed by atoms with Crippen molar-refractivity contribution in [3.05, 3.63) is 35.5 Å². The van der Waals surface area contributed by atoms with E-state index in [0.717, 1.165) is 35.8 Å². The van der Waals surface area contributed by atoms with Crippen molar-refractivity contribution < 1.29 is 4.74 Å². The van der Waals surface area contributed by atoms with Gasteiger partial charge in [0, 0.05) is 18.3 Å². The third-order valence-corrected chi connectivity index (χ3v) is 4.02. The van der Waals surface area contributed by atoms with Crippen molar-refractivity contribution in [1.29, 1.82) is 0 Å². The van der Waals surface area contributed by atoms with Crippen LogP contribution >= 0.6 is 0 Å². The molecule has 1 N–H and O–H groups in total. The molecule has 110 valence electrons. The number of aromatic nitrogens is 2. The van der Waals surface area contributed by atoms with Gasteiger partial charge in [-0.1, -0.05) is 18.6 Å². The Labute approximate surface area is 125 Å². The van der Waals surface area contributed by atoms with Crippen molar-refractivity contribution in [1.82, 2.24) is 9.97 Å². The third kappa shape index (κ3) is 2.71. The van der Waals surface area contributed by atoms with Crippen LogP contribution in [0.2, 0.25) is 0 Å². The molecule has 21 heavy (non-hydrogen) atoms. The van der Waals surface area contributed by atoms with Crippen LogP contribution < -0.4 is 10.1 Å². The van der Waals surface area contributed by atoms with Crippen LogP contribution in [0.4, 0.5) is 5.82 Å². The Morgan fingerprint density at radius 2 is 1.86 bits per heavy atom. The molecule has 0 fully saturated rings. The molecule has 0 spiro atoms. The number of rotatable bonds is 3. The lowest BCUT2D eigenvalue weighted by Gasteiger charge is -2.14. The highest BCUT2D eigenvalue weighted by Gasteiger charge is 2.18. The number of hydrogen-bond acceptors (Lipinski definition) is 4. The van der Waals surface area contributed by atoms with Gasteiger partial charge in [0.05, 0.1) is 12.7 Å². The molecule has 4 heteroatoms. The Morgan fingerprint density at radius 3 is 2.67 bits per heavy atom. The molecule has 1 aromatic carbocycles. The molecule has 3 rings (SSSR count). The van der Waals surface area contributed by atoms with Crippen LogP contribution in [-0.4, -0.2) is 24.1 Å². The van der Waals surface area contributed by atoms with Gasteiger partial charge in [0.15, 0.2) is 5.82 Å². The summed E-state index contributed by atoms with van der Waals surface area (Å²) in [5.74, 6) is 2.52. The Kier molecular flexibility index (Phi) is 4.04. The molecule has 1 aliphatic carbocycles. The monoisotopic (exact) mass is 283 g/mol. The van der Waals surface area contributed by atoms with Crippen molar-refractivity contribution in [3.8, 4) is 17.1 Å². The van der Waals surface area contributed by atoms with Crippen molar-refractivity contribution in [2.45, 2.75) is 32.1 Å². The fourth-order valence-corrected chi connectivity index (χ4v) is 2.93. The highest BCUT2D eigenvalue weighted by atomic mass is 16.5. The fraction of sp³-hybridized carbons (Fsp3) is 0.412. The maximum Gasteiger partial charge on any atom is 0.165 e. The number of nitrogens with one attached hydrogen (secondary N) is 1. The summed E-state index contributed by atoms with van der Waals surface area (Å²) in [4.78, 5) is 9.55.